The van der Waals surface area contributed by atoms with Crippen molar-refractivity contribution in [2.45, 2.75) is 70.5 Å². The third-order valence-electron chi connectivity index (χ3n) is 4.91. The lowest BCUT2D eigenvalue weighted by Crippen LogP contribution is -2.53. The fourth-order valence-corrected chi connectivity index (χ4v) is 3.36. The van der Waals surface area contributed by atoms with Crippen molar-refractivity contribution in [3.63, 3.8) is 0 Å². The number of carboxylic acids is 1. The minimum atomic E-state index is -1.05. The van der Waals surface area contributed by atoms with Gasteiger partial charge in [0.15, 0.2) is 0 Å². The van der Waals surface area contributed by atoms with Crippen LogP contribution >= 0.6 is 0 Å². The minimum Gasteiger partial charge on any atom is -0.480 e. The normalized spacial score (nSPS) is 18.4. The number of amides is 3. The lowest BCUT2D eigenvalue weighted by molar-refractivity contribution is -0.148. The van der Waals surface area contributed by atoms with Gasteiger partial charge in [0.1, 0.15) is 12.1 Å². The van der Waals surface area contributed by atoms with Gasteiger partial charge in [-0.1, -0.05) is 13.8 Å². The molecule has 1 heterocycles. The van der Waals surface area contributed by atoms with Crippen molar-refractivity contribution in [2.75, 3.05) is 19.6 Å². The molecule has 1 saturated heterocycles. The van der Waals surface area contributed by atoms with Crippen molar-refractivity contribution >= 4 is 23.7 Å². The lowest BCUT2D eigenvalue weighted by Gasteiger charge is -2.24. The van der Waals surface area contributed by atoms with Crippen molar-refractivity contribution in [3.8, 4) is 0 Å². The van der Waals surface area contributed by atoms with E-state index in [1.54, 1.807) is 0 Å². The quantitative estimate of drug-likeness (QED) is 0.260. The maximum atomic E-state index is 12.6. The van der Waals surface area contributed by atoms with E-state index in [0.29, 0.717) is 51.6 Å². The molecule has 10 heteroatoms. The molecule has 0 aromatic heterocycles. The van der Waals surface area contributed by atoms with E-state index in [-0.39, 0.29) is 12.5 Å². The predicted octanol–water partition coefficient (Wildman–Crippen LogP) is -0.835. The molecule has 0 radical (unpaired) electrons. The molecule has 0 aromatic carbocycles. The molecule has 10 nitrogen and oxygen atoms in total. The van der Waals surface area contributed by atoms with Gasteiger partial charge in [-0.25, -0.2) is 4.79 Å². The molecule has 3 unspecified atom stereocenters. The van der Waals surface area contributed by atoms with Gasteiger partial charge in [-0.2, -0.15) is 0 Å². The summed E-state index contributed by atoms with van der Waals surface area (Å²) in [6.45, 7) is 4.41. The van der Waals surface area contributed by atoms with Crippen LogP contribution in [0.4, 0.5) is 0 Å². The maximum absolute atomic E-state index is 12.6. The van der Waals surface area contributed by atoms with Crippen LogP contribution in [0.25, 0.3) is 0 Å². The van der Waals surface area contributed by atoms with Crippen LogP contribution in [0.15, 0.2) is 0 Å². The van der Waals surface area contributed by atoms with Gasteiger partial charge in [0, 0.05) is 6.54 Å². The molecular formula is C19H35N5O5. The SMILES string of the molecule is CC(C)CC(N)C(=O)NC(CCCCN)C(=O)NCC(=O)N1CCCC1C(=O)O. The summed E-state index contributed by atoms with van der Waals surface area (Å²) in [6.07, 6.45) is 3.22. The number of hydrogen-bond acceptors (Lipinski definition) is 6. The van der Waals surface area contributed by atoms with Crippen LogP contribution in [0.2, 0.25) is 0 Å². The Morgan fingerprint density at radius 2 is 1.86 bits per heavy atom. The summed E-state index contributed by atoms with van der Waals surface area (Å²) >= 11 is 0. The number of nitrogens with zero attached hydrogens (tertiary/aromatic N) is 1. The van der Waals surface area contributed by atoms with Gasteiger partial charge < -0.3 is 32.1 Å². The highest BCUT2D eigenvalue weighted by atomic mass is 16.4. The molecule has 1 aliphatic rings. The smallest absolute Gasteiger partial charge is 0.326 e. The summed E-state index contributed by atoms with van der Waals surface area (Å²) in [5, 5.41) is 14.4. The summed E-state index contributed by atoms with van der Waals surface area (Å²) in [4.78, 5) is 49.7. The topological polar surface area (TPSA) is 168 Å². The first-order chi connectivity index (χ1) is 13.7. The summed E-state index contributed by atoms with van der Waals surface area (Å²) < 4.78 is 0. The molecule has 1 aliphatic heterocycles. The van der Waals surface area contributed by atoms with Crippen LogP contribution in [0.3, 0.4) is 0 Å². The van der Waals surface area contributed by atoms with Crippen molar-refractivity contribution in [3.05, 3.63) is 0 Å². The van der Waals surface area contributed by atoms with Crippen molar-refractivity contribution in [1.82, 2.24) is 15.5 Å². The van der Waals surface area contributed by atoms with Gasteiger partial charge in [-0.3, -0.25) is 14.4 Å². The summed E-state index contributed by atoms with van der Waals surface area (Å²) in [6, 6.07) is -2.40. The molecule has 29 heavy (non-hydrogen) atoms. The van der Waals surface area contributed by atoms with Crippen LogP contribution in [-0.2, 0) is 19.2 Å². The average Bonchev–Trinajstić information content (AvgIpc) is 3.14. The number of rotatable bonds is 12. The van der Waals surface area contributed by atoms with Crippen molar-refractivity contribution in [2.24, 2.45) is 17.4 Å². The molecule has 0 bridgehead atoms. The highest BCUT2D eigenvalue weighted by Crippen LogP contribution is 2.17. The first-order valence-corrected chi connectivity index (χ1v) is 10.2. The first kappa shape index (κ1) is 24.8. The number of carbonyl (C=O) groups excluding carboxylic acids is 3. The van der Waals surface area contributed by atoms with E-state index < -0.39 is 41.8 Å². The molecule has 1 fully saturated rings. The Morgan fingerprint density at radius 1 is 1.17 bits per heavy atom. The van der Waals surface area contributed by atoms with E-state index in [2.05, 4.69) is 10.6 Å². The standard InChI is InChI=1S/C19H35N5O5/c1-12(2)10-13(21)17(26)23-14(6-3-4-8-20)18(27)22-11-16(25)24-9-5-7-15(24)19(28)29/h12-15H,3-11,20-21H2,1-2H3,(H,22,27)(H,23,26)(H,28,29). The number of likely N-dealkylation sites (tertiary alicyclic amines) is 1. The third kappa shape index (κ3) is 8.36. The highest BCUT2D eigenvalue weighted by molar-refractivity contribution is 5.92. The minimum absolute atomic E-state index is 0.237. The van der Waals surface area contributed by atoms with Crippen molar-refractivity contribution in [1.29, 1.82) is 0 Å². The second-order valence-corrected chi connectivity index (χ2v) is 7.88. The van der Waals surface area contributed by atoms with E-state index in [4.69, 9.17) is 11.5 Å². The van der Waals surface area contributed by atoms with E-state index in [0.717, 1.165) is 0 Å². The molecule has 0 aliphatic carbocycles. The molecule has 3 amide bonds. The van der Waals surface area contributed by atoms with Gasteiger partial charge in [0.05, 0.1) is 12.6 Å². The number of carboxylic acid groups (broad SMARTS) is 1. The van der Waals surface area contributed by atoms with Crippen molar-refractivity contribution < 1.29 is 24.3 Å². The Bertz CT molecular complexity index is 583. The highest BCUT2D eigenvalue weighted by Gasteiger charge is 2.34. The fourth-order valence-electron chi connectivity index (χ4n) is 3.36. The summed E-state index contributed by atoms with van der Waals surface area (Å²) in [5.74, 6) is -2.17. The number of unbranched alkanes of at least 4 members (excludes halogenated alkanes) is 1. The zero-order valence-electron chi connectivity index (χ0n) is 17.4. The number of nitrogens with one attached hydrogen (secondary N) is 2. The predicted molar refractivity (Wildman–Crippen MR) is 108 cm³/mol. The number of nitrogens with two attached hydrogens (primary N) is 2. The second kappa shape index (κ2) is 12.4. The molecule has 0 spiro atoms. The number of carbonyl (C=O) groups is 4. The summed E-state index contributed by atoms with van der Waals surface area (Å²) in [7, 11) is 0. The molecule has 166 valence electrons. The summed E-state index contributed by atoms with van der Waals surface area (Å²) in [5.41, 5.74) is 11.4. The lowest BCUT2D eigenvalue weighted by atomic mass is 10.0. The fraction of sp³-hybridized carbons (Fsp3) is 0.789. The molecule has 0 aromatic rings. The molecule has 7 N–H and O–H groups in total. The number of hydrogen-bond donors (Lipinski definition) is 5. The average molecular weight is 414 g/mol. The zero-order valence-corrected chi connectivity index (χ0v) is 17.4. The van der Waals surface area contributed by atoms with Crippen LogP contribution in [-0.4, -0.2) is 71.5 Å². The third-order valence-corrected chi connectivity index (χ3v) is 4.91. The van der Waals surface area contributed by atoms with E-state index in [1.165, 1.54) is 4.90 Å². The Hall–Kier alpha value is -2.20. The van der Waals surface area contributed by atoms with Crippen LogP contribution in [0.5, 0.6) is 0 Å². The largest absolute Gasteiger partial charge is 0.480 e. The van der Waals surface area contributed by atoms with E-state index >= 15 is 0 Å². The Balaban J connectivity index is 2.64. The Kier molecular flexibility index (Phi) is 10.6. The second-order valence-electron chi connectivity index (χ2n) is 7.88. The van der Waals surface area contributed by atoms with E-state index in [9.17, 15) is 24.3 Å². The monoisotopic (exact) mass is 413 g/mol. The van der Waals surface area contributed by atoms with Crippen LogP contribution in [0, 0.1) is 5.92 Å². The molecular weight excluding hydrogens is 378 g/mol. The Morgan fingerprint density at radius 3 is 2.45 bits per heavy atom. The molecule has 1 rings (SSSR count). The van der Waals surface area contributed by atoms with Gasteiger partial charge in [-0.05, 0) is 51.0 Å². The Labute approximate surface area is 171 Å². The van der Waals surface area contributed by atoms with Gasteiger partial charge >= 0.3 is 5.97 Å². The zero-order chi connectivity index (χ0) is 22.0. The first-order valence-electron chi connectivity index (χ1n) is 10.2. The van der Waals surface area contributed by atoms with E-state index in [1.807, 2.05) is 13.8 Å². The van der Waals surface area contributed by atoms with Gasteiger partial charge in [0.25, 0.3) is 0 Å². The number of aliphatic carboxylic acids is 1. The van der Waals surface area contributed by atoms with Crippen LogP contribution in [0.1, 0.15) is 52.4 Å². The molecule has 3 atom stereocenters. The maximum Gasteiger partial charge on any atom is 0.326 e. The van der Waals surface area contributed by atoms with Gasteiger partial charge in [0.2, 0.25) is 17.7 Å². The molecule has 0 saturated carbocycles. The van der Waals surface area contributed by atoms with Gasteiger partial charge in [-0.15, -0.1) is 0 Å². The van der Waals surface area contributed by atoms with Crippen LogP contribution < -0.4 is 22.1 Å².